The molecule has 0 amide bonds. The van der Waals surface area contributed by atoms with Crippen molar-refractivity contribution < 1.29 is 23.9 Å². The van der Waals surface area contributed by atoms with Crippen LogP contribution in [-0.2, 0) is 23.9 Å². The van der Waals surface area contributed by atoms with Crippen LogP contribution in [-0.4, -0.2) is 24.3 Å². The minimum Gasteiger partial charge on any atom is -0.462 e. The molecule has 76 valence electrons. The van der Waals surface area contributed by atoms with Crippen LogP contribution in [0, 0.1) is 0 Å². The van der Waals surface area contributed by atoms with Crippen LogP contribution in [0.25, 0.3) is 0 Å². The van der Waals surface area contributed by atoms with Gasteiger partial charge in [-0.3, -0.25) is 4.79 Å². The Morgan fingerprint density at radius 1 is 1.36 bits per heavy atom. The summed E-state index contributed by atoms with van der Waals surface area (Å²) in [5.41, 5.74) is -0.264. The molecule has 0 aliphatic carbocycles. The van der Waals surface area contributed by atoms with Gasteiger partial charge in [0.15, 0.2) is 5.57 Å². The molecule has 0 bridgehead atoms. The number of cyclic esters (lactones) is 1. The zero-order valence-corrected chi connectivity index (χ0v) is 7.96. The van der Waals surface area contributed by atoms with Crippen molar-refractivity contribution in [2.45, 2.75) is 20.3 Å². The largest absolute Gasteiger partial charge is 0.462 e. The molecule has 0 aromatic carbocycles. The molecular formula is C9H10O5. The van der Waals surface area contributed by atoms with E-state index in [4.69, 9.17) is 0 Å². The SMILES string of the molecule is CCOC(=O)C1=C(CC)OC(=O)C1=O. The first kappa shape index (κ1) is 10.4. The van der Waals surface area contributed by atoms with Crippen molar-refractivity contribution in [3.8, 4) is 0 Å². The van der Waals surface area contributed by atoms with Crippen LogP contribution in [0.1, 0.15) is 20.3 Å². The molecule has 0 saturated carbocycles. The van der Waals surface area contributed by atoms with Gasteiger partial charge < -0.3 is 9.47 Å². The molecule has 0 saturated heterocycles. The van der Waals surface area contributed by atoms with Crippen molar-refractivity contribution >= 4 is 17.7 Å². The first-order chi connectivity index (χ1) is 6.61. The van der Waals surface area contributed by atoms with E-state index in [1.54, 1.807) is 13.8 Å². The van der Waals surface area contributed by atoms with Gasteiger partial charge in [0.2, 0.25) is 0 Å². The van der Waals surface area contributed by atoms with Crippen LogP contribution in [0.4, 0.5) is 0 Å². The summed E-state index contributed by atoms with van der Waals surface area (Å²) < 4.78 is 9.22. The number of Topliss-reactive ketones (excluding diaryl/α,β-unsaturated/α-hetero) is 1. The van der Waals surface area contributed by atoms with Gasteiger partial charge in [0.05, 0.1) is 6.61 Å². The lowest BCUT2D eigenvalue weighted by molar-refractivity contribution is -0.148. The van der Waals surface area contributed by atoms with E-state index in [1.807, 2.05) is 0 Å². The van der Waals surface area contributed by atoms with Crippen LogP contribution in [0.2, 0.25) is 0 Å². The number of esters is 2. The molecule has 1 aliphatic rings. The molecule has 0 radical (unpaired) electrons. The van der Waals surface area contributed by atoms with Crippen molar-refractivity contribution in [2.24, 2.45) is 0 Å². The van der Waals surface area contributed by atoms with Crippen molar-refractivity contribution in [3.63, 3.8) is 0 Å². The van der Waals surface area contributed by atoms with Gasteiger partial charge in [-0.15, -0.1) is 0 Å². The lowest BCUT2D eigenvalue weighted by atomic mass is 10.1. The number of ether oxygens (including phenoxy) is 2. The molecule has 0 N–H and O–H groups in total. The van der Waals surface area contributed by atoms with Gasteiger partial charge in [0.1, 0.15) is 5.76 Å². The third-order valence-corrected chi connectivity index (χ3v) is 1.71. The predicted octanol–water partition coefficient (Wildman–Crippen LogP) is 0.339. The van der Waals surface area contributed by atoms with E-state index >= 15 is 0 Å². The van der Waals surface area contributed by atoms with Crippen LogP contribution in [0.3, 0.4) is 0 Å². The van der Waals surface area contributed by atoms with Crippen molar-refractivity contribution in [3.05, 3.63) is 11.3 Å². The highest BCUT2D eigenvalue weighted by Gasteiger charge is 2.38. The fourth-order valence-corrected chi connectivity index (χ4v) is 1.10. The van der Waals surface area contributed by atoms with E-state index in [1.165, 1.54) is 0 Å². The van der Waals surface area contributed by atoms with Crippen LogP contribution < -0.4 is 0 Å². The predicted molar refractivity (Wildman–Crippen MR) is 45.0 cm³/mol. The summed E-state index contributed by atoms with van der Waals surface area (Å²) in [6.45, 7) is 3.45. The Hall–Kier alpha value is -1.65. The van der Waals surface area contributed by atoms with Crippen LogP contribution in [0.15, 0.2) is 11.3 Å². The number of rotatable bonds is 3. The monoisotopic (exact) mass is 198 g/mol. The van der Waals surface area contributed by atoms with Gasteiger partial charge >= 0.3 is 11.9 Å². The van der Waals surface area contributed by atoms with E-state index in [9.17, 15) is 14.4 Å². The average molecular weight is 198 g/mol. The lowest BCUT2D eigenvalue weighted by Gasteiger charge is -2.00. The summed E-state index contributed by atoms with van der Waals surface area (Å²) in [6, 6.07) is 0. The molecule has 14 heavy (non-hydrogen) atoms. The second kappa shape index (κ2) is 4.04. The maximum atomic E-state index is 11.2. The fourth-order valence-electron chi connectivity index (χ4n) is 1.10. The molecule has 0 atom stereocenters. The van der Waals surface area contributed by atoms with E-state index in [-0.39, 0.29) is 17.9 Å². The number of carbonyl (C=O) groups excluding carboxylic acids is 3. The Kier molecular flexibility index (Phi) is 3.01. The molecule has 0 aromatic rings. The Bertz CT molecular complexity index is 326. The Labute approximate surface area is 80.7 Å². The number of hydrogen-bond acceptors (Lipinski definition) is 5. The standard InChI is InChI=1S/C9H10O5/c1-3-5-6(8(11)13-4-2)7(10)9(12)14-5/h3-4H2,1-2H3. The molecular weight excluding hydrogens is 188 g/mol. The second-order valence-corrected chi connectivity index (χ2v) is 2.59. The maximum absolute atomic E-state index is 11.2. The van der Waals surface area contributed by atoms with Gasteiger partial charge in [0, 0.05) is 6.42 Å². The van der Waals surface area contributed by atoms with Gasteiger partial charge in [-0.05, 0) is 6.92 Å². The molecule has 1 aliphatic heterocycles. The second-order valence-electron chi connectivity index (χ2n) is 2.59. The summed E-state index contributed by atoms with van der Waals surface area (Å²) in [4.78, 5) is 33.2. The molecule has 5 heteroatoms. The summed E-state index contributed by atoms with van der Waals surface area (Å²) in [7, 11) is 0. The molecule has 5 nitrogen and oxygen atoms in total. The highest BCUT2D eigenvalue weighted by molar-refractivity contribution is 6.48. The summed E-state index contributed by atoms with van der Waals surface area (Å²) in [5, 5.41) is 0. The third kappa shape index (κ3) is 1.66. The number of allylic oxidation sites excluding steroid dienone is 1. The van der Waals surface area contributed by atoms with Crippen molar-refractivity contribution in [2.75, 3.05) is 6.61 Å². The normalized spacial score (nSPS) is 15.9. The summed E-state index contributed by atoms with van der Waals surface area (Å²) in [6.07, 6.45) is 0.311. The first-order valence-electron chi connectivity index (χ1n) is 4.28. The topological polar surface area (TPSA) is 69.7 Å². The quantitative estimate of drug-likeness (QED) is 0.371. The van der Waals surface area contributed by atoms with Crippen molar-refractivity contribution in [1.29, 1.82) is 0 Å². The minimum atomic E-state index is -1.01. The van der Waals surface area contributed by atoms with Gasteiger partial charge in [-0.25, -0.2) is 9.59 Å². The summed E-state index contributed by atoms with van der Waals surface area (Å²) in [5.74, 6) is -2.62. The molecule has 0 unspecified atom stereocenters. The van der Waals surface area contributed by atoms with Gasteiger partial charge in [-0.2, -0.15) is 0 Å². The molecule has 0 fully saturated rings. The van der Waals surface area contributed by atoms with E-state index in [0.29, 0.717) is 6.42 Å². The Morgan fingerprint density at radius 3 is 2.50 bits per heavy atom. The summed E-state index contributed by atoms with van der Waals surface area (Å²) >= 11 is 0. The Balaban J connectivity index is 2.97. The van der Waals surface area contributed by atoms with E-state index < -0.39 is 17.7 Å². The first-order valence-corrected chi connectivity index (χ1v) is 4.28. The van der Waals surface area contributed by atoms with E-state index in [2.05, 4.69) is 9.47 Å². The minimum absolute atomic E-state index is 0.0958. The van der Waals surface area contributed by atoms with E-state index in [0.717, 1.165) is 0 Å². The van der Waals surface area contributed by atoms with Gasteiger partial charge in [0.25, 0.3) is 5.78 Å². The highest BCUT2D eigenvalue weighted by atomic mass is 16.6. The zero-order valence-electron chi connectivity index (χ0n) is 7.96. The number of ketones is 1. The number of carbonyl (C=O) groups is 3. The average Bonchev–Trinajstić information content (AvgIpc) is 2.43. The maximum Gasteiger partial charge on any atom is 0.385 e. The lowest BCUT2D eigenvalue weighted by Crippen LogP contribution is -2.17. The van der Waals surface area contributed by atoms with Crippen LogP contribution >= 0.6 is 0 Å². The molecule has 0 aromatic heterocycles. The molecule has 1 heterocycles. The Morgan fingerprint density at radius 2 is 2.00 bits per heavy atom. The highest BCUT2D eigenvalue weighted by Crippen LogP contribution is 2.21. The zero-order chi connectivity index (χ0) is 10.7. The van der Waals surface area contributed by atoms with Crippen LogP contribution in [0.5, 0.6) is 0 Å². The van der Waals surface area contributed by atoms with Crippen molar-refractivity contribution in [1.82, 2.24) is 0 Å². The molecule has 0 spiro atoms. The third-order valence-electron chi connectivity index (χ3n) is 1.71. The molecule has 1 rings (SSSR count). The fraction of sp³-hybridized carbons (Fsp3) is 0.444. The number of hydrogen-bond donors (Lipinski definition) is 0. The van der Waals surface area contributed by atoms with Gasteiger partial charge in [-0.1, -0.05) is 6.92 Å². The smallest absolute Gasteiger partial charge is 0.385 e.